The predicted octanol–water partition coefficient (Wildman–Crippen LogP) is 4.05. The second-order valence-corrected chi connectivity index (χ2v) is 8.57. The van der Waals surface area contributed by atoms with Crippen LogP contribution in [0.5, 0.6) is 5.75 Å². The van der Waals surface area contributed by atoms with Gasteiger partial charge in [0.1, 0.15) is 5.75 Å². The Hall–Kier alpha value is -2.84. The Kier molecular flexibility index (Phi) is 6.01. The number of benzene rings is 2. The first-order valence-electron chi connectivity index (χ1n) is 8.46. The van der Waals surface area contributed by atoms with Gasteiger partial charge in [0, 0.05) is 5.69 Å². The molecule has 8 heteroatoms. The maximum Gasteiger partial charge on any atom is 0.262 e. The van der Waals surface area contributed by atoms with Crippen LogP contribution in [0.3, 0.4) is 0 Å². The predicted molar refractivity (Wildman–Crippen MR) is 112 cm³/mol. The Morgan fingerprint density at radius 1 is 1.14 bits per heavy atom. The van der Waals surface area contributed by atoms with Crippen LogP contribution < -0.4 is 14.8 Å². The number of thiophene rings is 1. The number of carbonyl (C=O) groups is 1. The number of methoxy groups -OCH3 is 1. The number of sulfonamides is 1. The van der Waals surface area contributed by atoms with Gasteiger partial charge in [0.25, 0.3) is 10.0 Å². The van der Waals surface area contributed by atoms with E-state index in [0.29, 0.717) is 22.7 Å². The normalized spacial score (nSPS) is 11.1. The topological polar surface area (TPSA) is 84.5 Å². The van der Waals surface area contributed by atoms with E-state index in [1.807, 2.05) is 16.8 Å². The summed E-state index contributed by atoms with van der Waals surface area (Å²) < 4.78 is 33.6. The molecule has 0 radical (unpaired) electrons. The standard InChI is InChI=1S/C20H20N2O4S2/c1-14-7-8-16(21-20(23)11-15-9-10-27-13-15)12-19(14)28(24,25)22-17-5-3-4-6-18(17)26-2/h3-10,12-13,22H,11H2,1-2H3,(H,21,23). The fourth-order valence-electron chi connectivity index (χ4n) is 2.68. The van der Waals surface area contributed by atoms with Crippen LogP contribution in [0.25, 0.3) is 0 Å². The number of para-hydroxylation sites is 2. The maximum absolute atomic E-state index is 12.9. The van der Waals surface area contributed by atoms with E-state index in [-0.39, 0.29) is 17.2 Å². The van der Waals surface area contributed by atoms with Crippen LogP contribution in [0.15, 0.2) is 64.2 Å². The van der Waals surface area contributed by atoms with Gasteiger partial charge in [-0.25, -0.2) is 8.42 Å². The zero-order chi connectivity index (χ0) is 20.1. The van der Waals surface area contributed by atoms with Crippen LogP contribution in [0.2, 0.25) is 0 Å². The number of hydrogen-bond donors (Lipinski definition) is 2. The highest BCUT2D eigenvalue weighted by molar-refractivity contribution is 7.92. The van der Waals surface area contributed by atoms with Crippen LogP contribution in [0.1, 0.15) is 11.1 Å². The van der Waals surface area contributed by atoms with Crippen LogP contribution in [0.4, 0.5) is 11.4 Å². The first-order valence-corrected chi connectivity index (χ1v) is 10.9. The quantitative estimate of drug-likeness (QED) is 0.609. The fourth-order valence-corrected chi connectivity index (χ4v) is 4.69. The molecule has 0 fully saturated rings. The van der Waals surface area contributed by atoms with Crippen molar-refractivity contribution in [3.05, 3.63) is 70.4 Å². The van der Waals surface area contributed by atoms with E-state index < -0.39 is 10.0 Å². The first-order chi connectivity index (χ1) is 13.4. The van der Waals surface area contributed by atoms with E-state index in [1.165, 1.54) is 24.5 Å². The van der Waals surface area contributed by atoms with E-state index >= 15 is 0 Å². The summed E-state index contributed by atoms with van der Waals surface area (Å²) in [6.45, 7) is 1.70. The Balaban J connectivity index is 1.82. The van der Waals surface area contributed by atoms with Gasteiger partial charge in [0.2, 0.25) is 5.91 Å². The summed E-state index contributed by atoms with van der Waals surface area (Å²) in [4.78, 5) is 12.3. The fraction of sp³-hybridized carbons (Fsp3) is 0.150. The molecule has 1 aromatic heterocycles. The number of amides is 1. The van der Waals surface area contributed by atoms with Gasteiger partial charge in [-0.15, -0.1) is 0 Å². The number of anilines is 2. The number of hydrogen-bond acceptors (Lipinski definition) is 5. The molecule has 0 saturated heterocycles. The van der Waals surface area contributed by atoms with Gasteiger partial charge in [0.15, 0.2) is 0 Å². The summed E-state index contributed by atoms with van der Waals surface area (Å²) in [7, 11) is -2.39. The molecule has 28 heavy (non-hydrogen) atoms. The molecule has 3 aromatic rings. The van der Waals surface area contributed by atoms with Crippen molar-refractivity contribution >= 4 is 38.6 Å². The van der Waals surface area contributed by atoms with Crippen molar-refractivity contribution in [3.63, 3.8) is 0 Å². The van der Waals surface area contributed by atoms with Gasteiger partial charge >= 0.3 is 0 Å². The average Bonchev–Trinajstić information content (AvgIpc) is 3.16. The minimum absolute atomic E-state index is 0.0896. The smallest absolute Gasteiger partial charge is 0.262 e. The lowest BCUT2D eigenvalue weighted by atomic mass is 10.2. The highest BCUT2D eigenvalue weighted by Crippen LogP contribution is 2.28. The lowest BCUT2D eigenvalue weighted by Gasteiger charge is -2.14. The monoisotopic (exact) mass is 416 g/mol. The maximum atomic E-state index is 12.9. The van der Waals surface area contributed by atoms with E-state index in [0.717, 1.165) is 5.56 Å². The van der Waals surface area contributed by atoms with E-state index in [4.69, 9.17) is 4.74 Å². The molecule has 0 aliphatic heterocycles. The number of rotatable bonds is 7. The van der Waals surface area contributed by atoms with E-state index in [2.05, 4.69) is 10.0 Å². The van der Waals surface area contributed by atoms with Crippen LogP contribution in [-0.4, -0.2) is 21.4 Å². The van der Waals surface area contributed by atoms with Crippen molar-refractivity contribution < 1.29 is 17.9 Å². The first kappa shape index (κ1) is 19.9. The molecule has 0 aliphatic carbocycles. The molecule has 146 valence electrons. The van der Waals surface area contributed by atoms with Crippen molar-refractivity contribution in [3.8, 4) is 5.75 Å². The van der Waals surface area contributed by atoms with Gasteiger partial charge in [0.05, 0.1) is 24.1 Å². The zero-order valence-corrected chi connectivity index (χ0v) is 17.1. The molecule has 0 unspecified atom stereocenters. The zero-order valence-electron chi connectivity index (χ0n) is 15.4. The van der Waals surface area contributed by atoms with Crippen molar-refractivity contribution in [2.75, 3.05) is 17.1 Å². The second-order valence-electron chi connectivity index (χ2n) is 6.14. The Morgan fingerprint density at radius 2 is 1.93 bits per heavy atom. The summed E-state index contributed by atoms with van der Waals surface area (Å²) in [6.07, 6.45) is 0.235. The Labute approximate surface area is 168 Å². The number of nitrogens with one attached hydrogen (secondary N) is 2. The van der Waals surface area contributed by atoms with E-state index in [9.17, 15) is 13.2 Å². The molecule has 0 spiro atoms. The summed E-state index contributed by atoms with van der Waals surface area (Å²) in [6, 6.07) is 13.5. The molecule has 2 aromatic carbocycles. The van der Waals surface area contributed by atoms with E-state index in [1.54, 1.807) is 43.3 Å². The summed E-state index contributed by atoms with van der Waals surface area (Å²) in [5.41, 5.74) is 2.25. The summed E-state index contributed by atoms with van der Waals surface area (Å²) >= 11 is 1.52. The highest BCUT2D eigenvalue weighted by atomic mass is 32.2. The molecule has 0 aliphatic rings. The number of ether oxygens (including phenoxy) is 1. The number of aryl methyl sites for hydroxylation is 1. The third-order valence-corrected chi connectivity index (χ3v) is 6.30. The van der Waals surface area contributed by atoms with Gasteiger partial charge in [-0.05, 0) is 59.1 Å². The molecule has 1 amide bonds. The van der Waals surface area contributed by atoms with Crippen LogP contribution in [-0.2, 0) is 21.2 Å². The summed E-state index contributed by atoms with van der Waals surface area (Å²) in [5, 5.41) is 6.57. The van der Waals surface area contributed by atoms with Gasteiger partial charge in [-0.3, -0.25) is 9.52 Å². The lowest BCUT2D eigenvalue weighted by Crippen LogP contribution is -2.17. The molecule has 0 bridgehead atoms. The molecule has 0 saturated carbocycles. The molecule has 3 rings (SSSR count). The third-order valence-electron chi connectivity index (χ3n) is 4.06. The minimum atomic E-state index is -3.86. The van der Waals surface area contributed by atoms with Crippen LogP contribution in [0, 0.1) is 6.92 Å². The molecule has 1 heterocycles. The molecule has 2 N–H and O–H groups in total. The Bertz CT molecular complexity index is 1080. The molecule has 6 nitrogen and oxygen atoms in total. The van der Waals surface area contributed by atoms with Crippen molar-refractivity contribution in [1.82, 2.24) is 0 Å². The molecule has 0 atom stereocenters. The van der Waals surface area contributed by atoms with Crippen molar-refractivity contribution in [2.45, 2.75) is 18.2 Å². The third kappa shape index (κ3) is 4.71. The second kappa shape index (κ2) is 8.45. The lowest BCUT2D eigenvalue weighted by molar-refractivity contribution is -0.115. The summed E-state index contributed by atoms with van der Waals surface area (Å²) in [5.74, 6) is 0.215. The van der Waals surface area contributed by atoms with Gasteiger partial charge < -0.3 is 10.1 Å². The van der Waals surface area contributed by atoms with Crippen LogP contribution >= 0.6 is 11.3 Å². The molecular formula is C20H20N2O4S2. The van der Waals surface area contributed by atoms with Gasteiger partial charge in [-0.2, -0.15) is 11.3 Å². The highest BCUT2D eigenvalue weighted by Gasteiger charge is 2.20. The average molecular weight is 417 g/mol. The largest absolute Gasteiger partial charge is 0.495 e. The van der Waals surface area contributed by atoms with Gasteiger partial charge in [-0.1, -0.05) is 18.2 Å². The van der Waals surface area contributed by atoms with Crippen molar-refractivity contribution in [2.24, 2.45) is 0 Å². The Morgan fingerprint density at radius 3 is 2.64 bits per heavy atom. The number of carbonyl (C=O) groups excluding carboxylic acids is 1. The van der Waals surface area contributed by atoms with Crippen molar-refractivity contribution in [1.29, 1.82) is 0 Å². The SMILES string of the molecule is COc1ccccc1NS(=O)(=O)c1cc(NC(=O)Cc2ccsc2)ccc1C. The minimum Gasteiger partial charge on any atom is -0.495 e. The molecular weight excluding hydrogens is 396 g/mol.